The van der Waals surface area contributed by atoms with E-state index in [9.17, 15) is 4.79 Å². The van der Waals surface area contributed by atoms with Crippen LogP contribution in [0.3, 0.4) is 0 Å². The lowest BCUT2D eigenvalue weighted by Gasteiger charge is -2.32. The van der Waals surface area contributed by atoms with Gasteiger partial charge < -0.3 is 18.8 Å². The Morgan fingerprint density at radius 2 is 1.67 bits per heavy atom. The molecule has 0 aromatic heterocycles. The summed E-state index contributed by atoms with van der Waals surface area (Å²) in [6.07, 6.45) is 2.34. The molecule has 1 fully saturated rings. The summed E-state index contributed by atoms with van der Waals surface area (Å²) in [5.41, 5.74) is 0.0751. The summed E-state index contributed by atoms with van der Waals surface area (Å²) in [6.45, 7) is 13.1. The normalized spacial score (nSPS) is 19.0. The van der Waals surface area contributed by atoms with Crippen LogP contribution in [0.15, 0.2) is 24.3 Å². The second-order valence-electron chi connectivity index (χ2n) is 8.01. The summed E-state index contributed by atoms with van der Waals surface area (Å²) < 4.78 is 23.3. The van der Waals surface area contributed by atoms with E-state index in [0.29, 0.717) is 13.2 Å². The van der Waals surface area contributed by atoms with Crippen molar-refractivity contribution in [2.24, 2.45) is 0 Å². The van der Waals surface area contributed by atoms with Gasteiger partial charge in [-0.3, -0.25) is 4.79 Å². The predicted octanol–water partition coefficient (Wildman–Crippen LogP) is 4.53. The van der Waals surface area contributed by atoms with Gasteiger partial charge in [0.25, 0.3) is 0 Å². The number of hydrogen-bond donors (Lipinski definition) is 0. The molecular weight excluding hydrogens is 343 g/mol. The number of esters is 1. The molecule has 0 aliphatic carbocycles. The van der Waals surface area contributed by atoms with Gasteiger partial charge in [0.15, 0.2) is 0 Å². The van der Waals surface area contributed by atoms with E-state index >= 15 is 0 Å². The molecule has 1 heterocycles. The SMILES string of the molecule is CCCCOc1ccc(C(CC(=O)OCC)B2OC(C)(C)C(C)(C)O2)cc1. The lowest BCUT2D eigenvalue weighted by atomic mass is 9.66. The van der Waals surface area contributed by atoms with Gasteiger partial charge in [-0.2, -0.15) is 0 Å². The van der Waals surface area contributed by atoms with Gasteiger partial charge in [0.05, 0.1) is 30.8 Å². The van der Waals surface area contributed by atoms with Crippen LogP contribution in [0.5, 0.6) is 5.75 Å². The van der Waals surface area contributed by atoms with Crippen molar-refractivity contribution < 1.29 is 23.6 Å². The first-order chi connectivity index (χ1) is 12.7. The highest BCUT2D eigenvalue weighted by molar-refractivity contribution is 6.48. The van der Waals surface area contributed by atoms with Crippen LogP contribution in [0.2, 0.25) is 0 Å². The maximum Gasteiger partial charge on any atom is 0.466 e. The summed E-state index contributed by atoms with van der Waals surface area (Å²) in [5, 5.41) is 0. The number of benzene rings is 1. The largest absolute Gasteiger partial charge is 0.494 e. The van der Waals surface area contributed by atoms with Crippen molar-refractivity contribution >= 4 is 13.1 Å². The molecular formula is C21H33BO5. The molecule has 0 spiro atoms. The van der Waals surface area contributed by atoms with Crippen molar-refractivity contribution in [3.05, 3.63) is 29.8 Å². The molecule has 1 aliphatic heterocycles. The number of carbonyl (C=O) groups excluding carboxylic acids is 1. The van der Waals surface area contributed by atoms with E-state index in [1.807, 2.05) is 58.9 Å². The van der Waals surface area contributed by atoms with Gasteiger partial charge in [0.1, 0.15) is 5.75 Å². The first-order valence-electron chi connectivity index (χ1n) is 9.94. The van der Waals surface area contributed by atoms with Crippen molar-refractivity contribution in [3.8, 4) is 5.75 Å². The zero-order valence-corrected chi connectivity index (χ0v) is 17.5. The van der Waals surface area contributed by atoms with Crippen molar-refractivity contribution in [1.82, 2.24) is 0 Å². The van der Waals surface area contributed by atoms with Crippen molar-refractivity contribution in [2.45, 2.75) is 77.8 Å². The number of ether oxygens (including phenoxy) is 2. The van der Waals surface area contributed by atoms with Crippen molar-refractivity contribution in [2.75, 3.05) is 13.2 Å². The summed E-state index contributed by atoms with van der Waals surface area (Å²) in [4.78, 5) is 12.2. The molecule has 0 N–H and O–H groups in total. The van der Waals surface area contributed by atoms with Gasteiger partial charge in [-0.25, -0.2) is 0 Å². The average Bonchev–Trinajstić information content (AvgIpc) is 2.81. The van der Waals surface area contributed by atoms with Crippen LogP contribution in [0.25, 0.3) is 0 Å². The minimum atomic E-state index is -0.508. The molecule has 1 unspecified atom stereocenters. The third kappa shape index (κ3) is 5.49. The molecule has 6 heteroatoms. The monoisotopic (exact) mass is 376 g/mol. The molecule has 1 aromatic carbocycles. The first kappa shape index (κ1) is 21.8. The summed E-state index contributed by atoms with van der Waals surface area (Å²) >= 11 is 0. The topological polar surface area (TPSA) is 54.0 Å². The van der Waals surface area contributed by atoms with Crippen LogP contribution in [-0.4, -0.2) is 37.5 Å². The van der Waals surface area contributed by atoms with Gasteiger partial charge in [-0.15, -0.1) is 0 Å². The fourth-order valence-electron chi connectivity index (χ4n) is 2.97. The summed E-state index contributed by atoms with van der Waals surface area (Å²) in [7, 11) is -0.508. The molecule has 150 valence electrons. The Hall–Kier alpha value is -1.53. The summed E-state index contributed by atoms with van der Waals surface area (Å²) in [5.74, 6) is 0.339. The van der Waals surface area contributed by atoms with Crippen LogP contribution in [0.4, 0.5) is 0 Å². The summed E-state index contributed by atoms with van der Waals surface area (Å²) in [6, 6.07) is 7.84. The minimum absolute atomic E-state index is 0.209. The number of hydrogen-bond acceptors (Lipinski definition) is 5. The van der Waals surface area contributed by atoms with E-state index in [2.05, 4.69) is 6.92 Å². The van der Waals surface area contributed by atoms with Gasteiger partial charge in [-0.05, 0) is 58.7 Å². The Labute approximate surface area is 163 Å². The van der Waals surface area contributed by atoms with Crippen LogP contribution in [0, 0.1) is 0 Å². The maximum absolute atomic E-state index is 12.2. The van der Waals surface area contributed by atoms with Crippen LogP contribution < -0.4 is 4.74 Å². The van der Waals surface area contributed by atoms with Crippen LogP contribution >= 0.6 is 0 Å². The Balaban J connectivity index is 2.19. The standard InChI is InChI=1S/C21H33BO5/c1-7-9-14-25-17-12-10-16(11-13-17)18(15-19(23)24-8-2)22-26-20(3,4)21(5,6)27-22/h10-13,18H,7-9,14-15H2,1-6H3. The zero-order chi connectivity index (χ0) is 20.1. The van der Waals surface area contributed by atoms with Gasteiger partial charge in [-0.1, -0.05) is 25.5 Å². The lowest BCUT2D eigenvalue weighted by Crippen LogP contribution is -2.41. The van der Waals surface area contributed by atoms with E-state index in [-0.39, 0.29) is 18.2 Å². The Morgan fingerprint density at radius 1 is 1.07 bits per heavy atom. The van der Waals surface area contributed by atoms with E-state index < -0.39 is 18.3 Å². The maximum atomic E-state index is 12.2. The van der Waals surface area contributed by atoms with Crippen molar-refractivity contribution in [1.29, 1.82) is 0 Å². The quantitative estimate of drug-likeness (QED) is 0.360. The van der Waals surface area contributed by atoms with Crippen molar-refractivity contribution in [3.63, 3.8) is 0 Å². The van der Waals surface area contributed by atoms with Crippen LogP contribution in [-0.2, 0) is 18.8 Å². The fraction of sp³-hybridized carbons (Fsp3) is 0.667. The van der Waals surface area contributed by atoms with Gasteiger partial charge in [0, 0.05) is 5.82 Å². The lowest BCUT2D eigenvalue weighted by molar-refractivity contribution is -0.143. The minimum Gasteiger partial charge on any atom is -0.494 e. The number of unbranched alkanes of at least 4 members (excludes halogenated alkanes) is 1. The molecule has 1 saturated heterocycles. The molecule has 1 aromatic rings. The highest BCUT2D eigenvalue weighted by Gasteiger charge is 2.54. The fourth-order valence-corrected chi connectivity index (χ4v) is 2.97. The molecule has 27 heavy (non-hydrogen) atoms. The van der Waals surface area contributed by atoms with Gasteiger partial charge in [0.2, 0.25) is 0 Å². The second kappa shape index (κ2) is 9.11. The molecule has 0 radical (unpaired) electrons. The first-order valence-corrected chi connectivity index (χ1v) is 9.94. The Bertz CT molecular complexity index is 596. The van der Waals surface area contributed by atoms with Gasteiger partial charge >= 0.3 is 13.1 Å². The highest BCUT2D eigenvalue weighted by atomic mass is 16.7. The van der Waals surface area contributed by atoms with E-state index in [1.54, 1.807) is 0 Å². The molecule has 1 atom stereocenters. The number of carbonyl (C=O) groups is 1. The van der Waals surface area contributed by atoms with E-state index in [0.717, 1.165) is 24.2 Å². The Kier molecular flexibility index (Phi) is 7.35. The number of rotatable bonds is 9. The predicted molar refractivity (Wildman–Crippen MR) is 107 cm³/mol. The Morgan fingerprint density at radius 3 is 2.19 bits per heavy atom. The highest BCUT2D eigenvalue weighted by Crippen LogP contribution is 2.42. The van der Waals surface area contributed by atoms with Crippen LogP contribution in [0.1, 0.15) is 72.2 Å². The smallest absolute Gasteiger partial charge is 0.466 e. The molecule has 0 amide bonds. The molecule has 0 saturated carbocycles. The second-order valence-corrected chi connectivity index (χ2v) is 8.01. The third-order valence-electron chi connectivity index (χ3n) is 5.37. The molecule has 1 aliphatic rings. The molecule has 0 bridgehead atoms. The van der Waals surface area contributed by atoms with E-state index in [4.69, 9.17) is 18.8 Å². The third-order valence-corrected chi connectivity index (χ3v) is 5.37. The van der Waals surface area contributed by atoms with E-state index in [1.165, 1.54) is 0 Å². The zero-order valence-electron chi connectivity index (χ0n) is 17.5. The average molecular weight is 376 g/mol. The molecule has 2 rings (SSSR count). The molecule has 5 nitrogen and oxygen atoms in total.